The second-order valence-corrected chi connectivity index (χ2v) is 5.70. The van der Waals surface area contributed by atoms with Crippen molar-refractivity contribution in [2.45, 2.75) is 32.2 Å². The van der Waals surface area contributed by atoms with Gasteiger partial charge in [0.05, 0.1) is 5.69 Å². The molecule has 1 atom stereocenters. The molecule has 1 aromatic carbocycles. The molecule has 19 heavy (non-hydrogen) atoms. The molecule has 0 saturated carbocycles. The summed E-state index contributed by atoms with van der Waals surface area (Å²) in [6.07, 6.45) is 1.75. The third kappa shape index (κ3) is 2.31. The van der Waals surface area contributed by atoms with E-state index in [1.165, 1.54) is 17.8 Å². The monoisotopic (exact) mass is 326 g/mol. The molecule has 1 aliphatic rings. The van der Waals surface area contributed by atoms with Gasteiger partial charge in [0.25, 0.3) is 0 Å². The molecular weight excluding hydrogens is 314 g/mol. The van der Waals surface area contributed by atoms with Crippen LogP contribution in [0.15, 0.2) is 22.8 Å². The molecular formula is C14H13BrF2N2. The molecule has 0 radical (unpaired) electrons. The Bertz CT molecular complexity index is 616. The minimum absolute atomic E-state index is 0.137. The standard InChI is InChI=1S/C14H13BrF2N2/c1-8-18-14(15)13-3-2-9(7-19(8)13)10-4-11(16)6-12(17)5-10/h4-6,9H,2-3,7H2,1H3. The quantitative estimate of drug-likeness (QED) is 0.775. The van der Waals surface area contributed by atoms with E-state index in [0.717, 1.165) is 41.4 Å². The van der Waals surface area contributed by atoms with Gasteiger partial charge in [-0.15, -0.1) is 0 Å². The maximum atomic E-state index is 13.3. The van der Waals surface area contributed by atoms with E-state index in [1.54, 1.807) is 0 Å². The molecule has 2 heterocycles. The van der Waals surface area contributed by atoms with E-state index in [-0.39, 0.29) is 5.92 Å². The number of fused-ring (bicyclic) bond motifs is 1. The van der Waals surface area contributed by atoms with Gasteiger partial charge in [-0.25, -0.2) is 13.8 Å². The zero-order valence-electron chi connectivity index (χ0n) is 10.5. The van der Waals surface area contributed by atoms with Crippen molar-refractivity contribution in [3.8, 4) is 0 Å². The average molecular weight is 327 g/mol. The lowest BCUT2D eigenvalue weighted by Crippen LogP contribution is -2.19. The van der Waals surface area contributed by atoms with Crippen LogP contribution in [0.3, 0.4) is 0 Å². The largest absolute Gasteiger partial charge is 0.331 e. The SMILES string of the molecule is Cc1nc(Br)c2n1CC(c1cc(F)cc(F)c1)CC2. The smallest absolute Gasteiger partial charge is 0.127 e. The fraction of sp³-hybridized carbons (Fsp3) is 0.357. The zero-order chi connectivity index (χ0) is 13.6. The van der Waals surface area contributed by atoms with Crippen molar-refractivity contribution >= 4 is 15.9 Å². The molecule has 0 fully saturated rings. The molecule has 0 bridgehead atoms. The molecule has 2 aromatic rings. The highest BCUT2D eigenvalue weighted by molar-refractivity contribution is 9.10. The first-order valence-corrected chi connectivity index (χ1v) is 7.01. The minimum Gasteiger partial charge on any atom is -0.331 e. The van der Waals surface area contributed by atoms with Crippen molar-refractivity contribution < 1.29 is 8.78 Å². The number of aromatic nitrogens is 2. The van der Waals surface area contributed by atoms with Gasteiger partial charge in [0.2, 0.25) is 0 Å². The normalized spacial score (nSPS) is 18.4. The first kappa shape index (κ1) is 12.8. The van der Waals surface area contributed by atoms with Crippen LogP contribution < -0.4 is 0 Å². The Morgan fingerprint density at radius 1 is 1.26 bits per heavy atom. The molecule has 2 nitrogen and oxygen atoms in total. The molecule has 3 rings (SSSR count). The van der Waals surface area contributed by atoms with Crippen LogP contribution in [-0.2, 0) is 13.0 Å². The Balaban J connectivity index is 1.95. The fourth-order valence-electron chi connectivity index (χ4n) is 2.76. The van der Waals surface area contributed by atoms with Crippen LogP contribution in [0, 0.1) is 18.6 Å². The Kier molecular flexibility index (Phi) is 3.17. The number of aryl methyl sites for hydroxylation is 1. The first-order chi connectivity index (χ1) is 9.04. The molecule has 1 unspecified atom stereocenters. The van der Waals surface area contributed by atoms with Gasteiger partial charge in [0.15, 0.2) is 0 Å². The van der Waals surface area contributed by atoms with Gasteiger partial charge < -0.3 is 4.57 Å². The minimum atomic E-state index is -0.510. The molecule has 0 amide bonds. The fourth-order valence-corrected chi connectivity index (χ4v) is 3.43. The van der Waals surface area contributed by atoms with Crippen LogP contribution >= 0.6 is 15.9 Å². The lowest BCUT2D eigenvalue weighted by atomic mass is 9.90. The van der Waals surface area contributed by atoms with Crippen LogP contribution in [0.2, 0.25) is 0 Å². The molecule has 0 saturated heterocycles. The molecule has 1 aromatic heterocycles. The number of imidazole rings is 1. The topological polar surface area (TPSA) is 17.8 Å². The van der Waals surface area contributed by atoms with Crippen LogP contribution in [0.5, 0.6) is 0 Å². The Labute approximate surface area is 118 Å². The highest BCUT2D eigenvalue weighted by atomic mass is 79.9. The number of benzene rings is 1. The number of hydrogen-bond acceptors (Lipinski definition) is 1. The highest BCUT2D eigenvalue weighted by Crippen LogP contribution is 2.33. The Hall–Kier alpha value is -1.23. The predicted molar refractivity (Wildman–Crippen MR) is 72.1 cm³/mol. The van der Waals surface area contributed by atoms with Crippen molar-refractivity contribution in [1.82, 2.24) is 9.55 Å². The third-order valence-electron chi connectivity index (χ3n) is 3.70. The van der Waals surface area contributed by atoms with E-state index < -0.39 is 11.6 Å². The van der Waals surface area contributed by atoms with Crippen LogP contribution in [0.25, 0.3) is 0 Å². The Morgan fingerprint density at radius 2 is 1.95 bits per heavy atom. The summed E-state index contributed by atoms with van der Waals surface area (Å²) in [5.41, 5.74) is 1.90. The van der Waals surface area contributed by atoms with E-state index in [0.29, 0.717) is 0 Å². The highest BCUT2D eigenvalue weighted by Gasteiger charge is 2.24. The van der Waals surface area contributed by atoms with Crippen molar-refractivity contribution in [1.29, 1.82) is 0 Å². The van der Waals surface area contributed by atoms with E-state index in [2.05, 4.69) is 25.5 Å². The van der Waals surface area contributed by atoms with Crippen LogP contribution in [-0.4, -0.2) is 9.55 Å². The summed E-state index contributed by atoms with van der Waals surface area (Å²) in [7, 11) is 0. The average Bonchev–Trinajstić information content (AvgIpc) is 2.63. The van der Waals surface area contributed by atoms with Gasteiger partial charge in [-0.05, 0) is 53.4 Å². The summed E-state index contributed by atoms with van der Waals surface area (Å²) in [4.78, 5) is 4.39. The summed E-state index contributed by atoms with van der Waals surface area (Å²) in [5, 5.41) is 0. The summed E-state index contributed by atoms with van der Waals surface area (Å²) in [5.74, 6) is 0.0506. The van der Waals surface area contributed by atoms with E-state index in [1.807, 2.05) is 6.92 Å². The van der Waals surface area contributed by atoms with E-state index in [4.69, 9.17) is 0 Å². The number of hydrogen-bond donors (Lipinski definition) is 0. The predicted octanol–water partition coefficient (Wildman–Crippen LogP) is 3.96. The second-order valence-electron chi connectivity index (χ2n) is 4.95. The summed E-state index contributed by atoms with van der Waals surface area (Å²) in [6.45, 7) is 2.67. The molecule has 5 heteroatoms. The van der Waals surface area contributed by atoms with Crippen LogP contribution in [0.1, 0.15) is 29.4 Å². The second kappa shape index (κ2) is 4.71. The van der Waals surface area contributed by atoms with Gasteiger partial charge in [0, 0.05) is 18.5 Å². The number of nitrogens with zero attached hydrogens (tertiary/aromatic N) is 2. The first-order valence-electron chi connectivity index (χ1n) is 6.22. The van der Waals surface area contributed by atoms with Gasteiger partial charge in [-0.2, -0.15) is 0 Å². The lowest BCUT2D eigenvalue weighted by molar-refractivity contribution is 0.450. The molecule has 100 valence electrons. The molecule has 1 aliphatic heterocycles. The van der Waals surface area contributed by atoms with Gasteiger partial charge in [-0.1, -0.05) is 0 Å². The van der Waals surface area contributed by atoms with Crippen molar-refractivity contribution in [3.05, 3.63) is 51.5 Å². The molecule has 0 spiro atoms. The number of rotatable bonds is 1. The van der Waals surface area contributed by atoms with Crippen LogP contribution in [0.4, 0.5) is 8.78 Å². The third-order valence-corrected chi connectivity index (χ3v) is 4.34. The van der Waals surface area contributed by atoms with Gasteiger partial charge >= 0.3 is 0 Å². The van der Waals surface area contributed by atoms with E-state index >= 15 is 0 Å². The Morgan fingerprint density at radius 3 is 2.63 bits per heavy atom. The van der Waals surface area contributed by atoms with Crippen molar-refractivity contribution in [2.75, 3.05) is 0 Å². The lowest BCUT2D eigenvalue weighted by Gasteiger charge is -2.25. The molecule has 0 aliphatic carbocycles. The molecule has 0 N–H and O–H groups in total. The van der Waals surface area contributed by atoms with Crippen molar-refractivity contribution in [3.63, 3.8) is 0 Å². The summed E-state index contributed by atoms with van der Waals surface area (Å²) < 4.78 is 29.6. The van der Waals surface area contributed by atoms with E-state index in [9.17, 15) is 8.78 Å². The summed E-state index contributed by atoms with van der Waals surface area (Å²) >= 11 is 3.45. The zero-order valence-corrected chi connectivity index (χ0v) is 12.0. The summed E-state index contributed by atoms with van der Waals surface area (Å²) in [6, 6.07) is 3.77. The van der Waals surface area contributed by atoms with Gasteiger partial charge in [-0.3, -0.25) is 0 Å². The van der Waals surface area contributed by atoms with Crippen molar-refractivity contribution in [2.24, 2.45) is 0 Å². The maximum Gasteiger partial charge on any atom is 0.127 e. The number of halogens is 3. The maximum absolute atomic E-state index is 13.3. The van der Waals surface area contributed by atoms with Gasteiger partial charge in [0.1, 0.15) is 22.1 Å².